The fourth-order valence-corrected chi connectivity index (χ4v) is 1.39. The van der Waals surface area contributed by atoms with Gasteiger partial charge in [-0.25, -0.2) is 4.79 Å². The van der Waals surface area contributed by atoms with Crippen LogP contribution in [-0.4, -0.2) is 56.4 Å². The fourth-order valence-electron chi connectivity index (χ4n) is 1.39. The molecule has 0 atom stereocenters. The minimum Gasteiger partial charge on any atom is -0.467 e. The standard InChI is InChI=1S/C9H12F3NO4/c1-16-7(14)5-17-4-6-2-13(3-6)8(15)9(10,11)12/h6H,2-5H2,1H3. The van der Waals surface area contributed by atoms with E-state index in [1.807, 2.05) is 0 Å². The lowest BCUT2D eigenvalue weighted by Crippen LogP contribution is -2.55. The molecule has 1 amide bonds. The third kappa shape index (κ3) is 3.88. The summed E-state index contributed by atoms with van der Waals surface area (Å²) < 4.78 is 45.1. The quantitative estimate of drug-likeness (QED) is 0.673. The Morgan fingerprint density at radius 3 is 2.41 bits per heavy atom. The second-order valence-electron chi connectivity index (χ2n) is 3.67. The summed E-state index contributed by atoms with van der Waals surface area (Å²) in [5.41, 5.74) is 0. The van der Waals surface area contributed by atoms with Crippen LogP contribution in [0, 0.1) is 5.92 Å². The number of halogens is 3. The molecule has 8 heteroatoms. The molecule has 1 rings (SSSR count). The molecule has 0 spiro atoms. The van der Waals surface area contributed by atoms with Crippen LogP contribution < -0.4 is 0 Å². The first-order valence-corrected chi connectivity index (χ1v) is 4.85. The number of hydrogen-bond donors (Lipinski definition) is 0. The van der Waals surface area contributed by atoms with Gasteiger partial charge in [-0.3, -0.25) is 4.79 Å². The van der Waals surface area contributed by atoms with Crippen LogP contribution in [0.3, 0.4) is 0 Å². The molecular formula is C9H12F3NO4. The summed E-state index contributed by atoms with van der Waals surface area (Å²) in [6.45, 7) is -0.101. The minimum atomic E-state index is -4.82. The maximum atomic E-state index is 12.0. The Balaban J connectivity index is 2.16. The van der Waals surface area contributed by atoms with E-state index >= 15 is 0 Å². The first kappa shape index (κ1) is 13.8. The molecule has 0 aliphatic carbocycles. The van der Waals surface area contributed by atoms with Crippen molar-refractivity contribution in [3.8, 4) is 0 Å². The highest BCUT2D eigenvalue weighted by atomic mass is 19.4. The van der Waals surface area contributed by atoms with Gasteiger partial charge in [-0.2, -0.15) is 13.2 Å². The number of rotatable bonds is 4. The molecule has 0 aromatic carbocycles. The number of methoxy groups -OCH3 is 1. The number of carbonyl (C=O) groups excluding carboxylic acids is 2. The SMILES string of the molecule is COC(=O)COCC1CN(C(=O)C(F)(F)F)C1. The summed E-state index contributed by atoms with van der Waals surface area (Å²) >= 11 is 0. The maximum Gasteiger partial charge on any atom is 0.471 e. The number of alkyl halides is 3. The van der Waals surface area contributed by atoms with Crippen molar-refractivity contribution in [2.24, 2.45) is 5.92 Å². The molecule has 1 fully saturated rings. The Morgan fingerprint density at radius 1 is 1.35 bits per heavy atom. The topological polar surface area (TPSA) is 55.8 Å². The number of nitrogens with zero attached hydrogens (tertiary/aromatic N) is 1. The van der Waals surface area contributed by atoms with Crippen LogP contribution in [0.25, 0.3) is 0 Å². The van der Waals surface area contributed by atoms with Crippen LogP contribution in [0.1, 0.15) is 0 Å². The van der Waals surface area contributed by atoms with E-state index in [2.05, 4.69) is 4.74 Å². The normalized spacial score (nSPS) is 16.6. The zero-order valence-electron chi connectivity index (χ0n) is 9.12. The van der Waals surface area contributed by atoms with E-state index in [0.29, 0.717) is 4.90 Å². The van der Waals surface area contributed by atoms with Gasteiger partial charge in [-0.1, -0.05) is 0 Å². The predicted molar refractivity (Wildman–Crippen MR) is 49.0 cm³/mol. The Bertz CT molecular complexity index is 299. The van der Waals surface area contributed by atoms with Crippen molar-refractivity contribution in [1.29, 1.82) is 0 Å². The van der Waals surface area contributed by atoms with Crippen molar-refractivity contribution >= 4 is 11.9 Å². The molecule has 0 aromatic heterocycles. The molecule has 17 heavy (non-hydrogen) atoms. The molecular weight excluding hydrogens is 243 g/mol. The molecule has 1 heterocycles. The van der Waals surface area contributed by atoms with Gasteiger partial charge in [-0.05, 0) is 0 Å². The van der Waals surface area contributed by atoms with Crippen molar-refractivity contribution in [2.45, 2.75) is 6.18 Å². The van der Waals surface area contributed by atoms with Crippen molar-refractivity contribution in [1.82, 2.24) is 4.90 Å². The molecule has 0 unspecified atom stereocenters. The molecule has 1 saturated heterocycles. The number of likely N-dealkylation sites (tertiary alicyclic amines) is 1. The number of ether oxygens (including phenoxy) is 2. The molecule has 0 saturated carbocycles. The summed E-state index contributed by atoms with van der Waals surface area (Å²) in [6.07, 6.45) is -4.82. The lowest BCUT2D eigenvalue weighted by atomic mass is 10.0. The summed E-state index contributed by atoms with van der Waals surface area (Å²) in [5, 5.41) is 0. The minimum absolute atomic E-state index is 0.000480. The van der Waals surface area contributed by atoms with Crippen molar-refractivity contribution in [3.63, 3.8) is 0 Å². The summed E-state index contributed by atoms with van der Waals surface area (Å²) in [6, 6.07) is 0. The molecule has 98 valence electrons. The largest absolute Gasteiger partial charge is 0.471 e. The van der Waals surface area contributed by atoms with E-state index in [1.54, 1.807) is 0 Å². The number of hydrogen-bond acceptors (Lipinski definition) is 4. The Morgan fingerprint density at radius 2 is 1.94 bits per heavy atom. The highest BCUT2D eigenvalue weighted by Gasteiger charge is 2.46. The van der Waals surface area contributed by atoms with E-state index in [-0.39, 0.29) is 32.2 Å². The van der Waals surface area contributed by atoms with Crippen molar-refractivity contribution in [2.75, 3.05) is 33.4 Å². The van der Waals surface area contributed by atoms with Gasteiger partial charge in [0, 0.05) is 19.0 Å². The maximum absolute atomic E-state index is 12.0. The third-order valence-corrected chi connectivity index (χ3v) is 2.29. The number of esters is 1. The van der Waals surface area contributed by atoms with Gasteiger partial charge in [0.25, 0.3) is 0 Å². The third-order valence-electron chi connectivity index (χ3n) is 2.29. The molecule has 1 aliphatic rings. The first-order chi connectivity index (χ1) is 7.84. The van der Waals surface area contributed by atoms with E-state index < -0.39 is 18.1 Å². The highest BCUT2D eigenvalue weighted by molar-refractivity contribution is 5.82. The lowest BCUT2D eigenvalue weighted by Gasteiger charge is -2.39. The van der Waals surface area contributed by atoms with Gasteiger partial charge in [0.05, 0.1) is 13.7 Å². The van der Waals surface area contributed by atoms with Gasteiger partial charge in [0.15, 0.2) is 0 Å². The molecule has 1 aliphatic heterocycles. The molecule has 0 aromatic rings. The second-order valence-corrected chi connectivity index (χ2v) is 3.67. The molecule has 5 nitrogen and oxygen atoms in total. The average molecular weight is 255 g/mol. The van der Waals surface area contributed by atoms with Crippen LogP contribution in [0.5, 0.6) is 0 Å². The van der Waals surface area contributed by atoms with E-state index in [9.17, 15) is 22.8 Å². The van der Waals surface area contributed by atoms with Crippen LogP contribution in [0.2, 0.25) is 0 Å². The summed E-state index contributed by atoms with van der Waals surface area (Å²) in [7, 11) is 1.21. The van der Waals surface area contributed by atoms with Crippen LogP contribution >= 0.6 is 0 Å². The van der Waals surface area contributed by atoms with Crippen molar-refractivity contribution in [3.05, 3.63) is 0 Å². The number of amides is 1. The Hall–Kier alpha value is -1.31. The van der Waals surface area contributed by atoms with Crippen LogP contribution in [0.15, 0.2) is 0 Å². The number of carbonyl (C=O) groups is 2. The van der Waals surface area contributed by atoms with E-state index in [4.69, 9.17) is 4.74 Å². The van der Waals surface area contributed by atoms with Gasteiger partial charge in [0.1, 0.15) is 6.61 Å². The Labute approximate surface area is 95.5 Å². The van der Waals surface area contributed by atoms with E-state index in [1.165, 1.54) is 7.11 Å². The van der Waals surface area contributed by atoms with E-state index in [0.717, 1.165) is 0 Å². The summed E-state index contributed by atoms with van der Waals surface area (Å²) in [5.74, 6) is -2.54. The first-order valence-electron chi connectivity index (χ1n) is 4.85. The zero-order chi connectivity index (χ0) is 13.1. The molecule has 0 radical (unpaired) electrons. The van der Waals surface area contributed by atoms with Gasteiger partial charge < -0.3 is 14.4 Å². The zero-order valence-corrected chi connectivity index (χ0v) is 9.12. The van der Waals surface area contributed by atoms with Gasteiger partial charge in [-0.15, -0.1) is 0 Å². The monoisotopic (exact) mass is 255 g/mol. The van der Waals surface area contributed by atoms with Crippen LogP contribution in [-0.2, 0) is 19.1 Å². The highest BCUT2D eigenvalue weighted by Crippen LogP contribution is 2.24. The van der Waals surface area contributed by atoms with Crippen molar-refractivity contribution < 1.29 is 32.2 Å². The predicted octanol–water partition coefficient (Wildman–Crippen LogP) is 0.197. The average Bonchev–Trinajstić information content (AvgIpc) is 2.18. The van der Waals surface area contributed by atoms with Crippen LogP contribution in [0.4, 0.5) is 13.2 Å². The van der Waals surface area contributed by atoms with Gasteiger partial charge >= 0.3 is 18.1 Å². The summed E-state index contributed by atoms with van der Waals surface area (Å²) in [4.78, 5) is 22.1. The fraction of sp³-hybridized carbons (Fsp3) is 0.778. The lowest BCUT2D eigenvalue weighted by molar-refractivity contribution is -0.192. The van der Waals surface area contributed by atoms with Gasteiger partial charge in [0.2, 0.25) is 0 Å². The molecule has 0 bridgehead atoms. The smallest absolute Gasteiger partial charge is 0.467 e. The second kappa shape index (κ2) is 5.35. The molecule has 0 N–H and O–H groups in total. The Kier molecular flexibility index (Phi) is 4.33.